The van der Waals surface area contributed by atoms with E-state index in [2.05, 4.69) is 4.74 Å². The summed E-state index contributed by atoms with van der Waals surface area (Å²) < 4.78 is 41.3. The van der Waals surface area contributed by atoms with Crippen molar-refractivity contribution in [1.29, 1.82) is 0 Å². The Morgan fingerprint density at radius 2 is 2.10 bits per heavy atom. The molecule has 1 aromatic carbocycles. The van der Waals surface area contributed by atoms with E-state index in [0.29, 0.717) is 0 Å². The van der Waals surface area contributed by atoms with Gasteiger partial charge in [0.15, 0.2) is 6.10 Å². The highest BCUT2D eigenvalue weighted by molar-refractivity contribution is 5.94. The molecule has 1 N–H and O–H groups in total. The lowest BCUT2D eigenvalue weighted by molar-refractivity contribution is -0.385. The maximum Gasteiger partial charge on any atom is 0.414 e. The van der Waals surface area contributed by atoms with Gasteiger partial charge in [0.2, 0.25) is 0 Å². The van der Waals surface area contributed by atoms with E-state index in [1.807, 2.05) is 0 Å². The van der Waals surface area contributed by atoms with Crippen LogP contribution >= 0.6 is 0 Å². The first-order valence-electron chi connectivity index (χ1n) is 5.32. The van der Waals surface area contributed by atoms with Gasteiger partial charge in [-0.1, -0.05) is 12.1 Å². The van der Waals surface area contributed by atoms with Crippen molar-refractivity contribution in [1.82, 2.24) is 0 Å². The van der Waals surface area contributed by atoms with E-state index >= 15 is 0 Å². The lowest BCUT2D eigenvalue weighted by Crippen LogP contribution is -2.28. The Labute approximate surface area is 110 Å². The highest BCUT2D eigenvalue weighted by Crippen LogP contribution is 2.26. The van der Waals surface area contributed by atoms with Gasteiger partial charge in [0, 0.05) is 6.07 Å². The van der Waals surface area contributed by atoms with Gasteiger partial charge in [0.1, 0.15) is 5.56 Å². The Bertz CT molecular complexity index is 529. The average Bonchev–Trinajstić information content (AvgIpc) is 2.33. The Hall–Kier alpha value is -2.16. The number of alkyl halides is 3. The lowest BCUT2D eigenvalue weighted by atomic mass is 10.1. The van der Waals surface area contributed by atoms with E-state index < -0.39 is 41.0 Å². The number of ether oxygens (including phenoxy) is 1. The minimum atomic E-state index is -4.59. The number of hydrogen-bond acceptors (Lipinski definition) is 4. The summed E-state index contributed by atoms with van der Waals surface area (Å²) in [6.45, 7) is 0.0712. The summed E-state index contributed by atoms with van der Waals surface area (Å²) in [6.07, 6.45) is -6.70. The van der Waals surface area contributed by atoms with Gasteiger partial charge in [-0.05, 0) is 12.5 Å². The van der Waals surface area contributed by atoms with Gasteiger partial charge in [0.05, 0.1) is 11.5 Å². The summed E-state index contributed by atoms with van der Waals surface area (Å²) in [5.74, 6) is -1.60. The highest BCUT2D eigenvalue weighted by Gasteiger charge is 2.37. The number of nitro benzene ring substituents is 1. The van der Waals surface area contributed by atoms with Crippen molar-refractivity contribution >= 4 is 11.7 Å². The molecule has 1 unspecified atom stereocenters. The van der Waals surface area contributed by atoms with Crippen molar-refractivity contribution in [2.75, 3.05) is 0 Å². The Morgan fingerprint density at radius 3 is 2.55 bits per heavy atom. The first kappa shape index (κ1) is 15.9. The van der Waals surface area contributed by atoms with Crippen LogP contribution in [0.1, 0.15) is 22.8 Å². The smallest absolute Gasteiger partial charge is 0.414 e. The van der Waals surface area contributed by atoms with Crippen LogP contribution in [0.3, 0.4) is 0 Å². The maximum absolute atomic E-state index is 12.3. The summed E-state index contributed by atoms with van der Waals surface area (Å²) >= 11 is 0. The molecule has 0 spiro atoms. The fourth-order valence-electron chi connectivity index (χ4n) is 1.42. The van der Waals surface area contributed by atoms with Crippen LogP contribution in [-0.2, 0) is 11.3 Å². The molecule has 6 nitrogen and oxygen atoms in total. The van der Waals surface area contributed by atoms with Crippen LogP contribution in [0.15, 0.2) is 18.2 Å². The summed E-state index contributed by atoms with van der Waals surface area (Å²) in [7, 11) is 0. The van der Waals surface area contributed by atoms with Gasteiger partial charge in [-0.25, -0.2) is 4.79 Å². The quantitative estimate of drug-likeness (QED) is 0.666. The predicted octanol–water partition coefficient (Wildman–Crippen LogP) is 2.76. The third-order valence-electron chi connectivity index (χ3n) is 2.49. The van der Waals surface area contributed by atoms with E-state index in [1.165, 1.54) is 12.1 Å². The molecule has 0 heterocycles. The number of aromatic carboxylic acids is 1. The summed E-state index contributed by atoms with van der Waals surface area (Å²) in [5, 5.41) is 19.6. The van der Waals surface area contributed by atoms with Crippen molar-refractivity contribution < 1.29 is 32.7 Å². The molecule has 1 rings (SSSR count). The molecule has 110 valence electrons. The minimum absolute atomic E-state index is 0.192. The van der Waals surface area contributed by atoms with Crippen LogP contribution in [-0.4, -0.2) is 28.3 Å². The number of nitrogens with zero attached hydrogens (tertiary/aromatic N) is 1. The van der Waals surface area contributed by atoms with Crippen molar-refractivity contribution in [3.8, 4) is 0 Å². The molecule has 1 atom stereocenters. The van der Waals surface area contributed by atoms with E-state index in [9.17, 15) is 28.1 Å². The van der Waals surface area contributed by atoms with E-state index in [0.717, 1.165) is 13.0 Å². The second-order valence-corrected chi connectivity index (χ2v) is 3.87. The molecule has 0 aliphatic rings. The molecule has 1 aromatic rings. The number of carboxylic acid groups (broad SMARTS) is 1. The Balaban J connectivity index is 3.04. The molecular weight excluding hydrogens is 283 g/mol. The highest BCUT2D eigenvalue weighted by atomic mass is 19.4. The van der Waals surface area contributed by atoms with Crippen molar-refractivity contribution in [2.24, 2.45) is 0 Å². The van der Waals surface area contributed by atoms with Crippen molar-refractivity contribution in [2.45, 2.75) is 25.8 Å². The first-order chi connectivity index (χ1) is 9.14. The maximum atomic E-state index is 12.3. The second-order valence-electron chi connectivity index (χ2n) is 3.87. The molecule has 0 aliphatic heterocycles. The number of nitro groups is 1. The van der Waals surface area contributed by atoms with Crippen LogP contribution in [0.5, 0.6) is 0 Å². The largest absolute Gasteiger partial charge is 0.477 e. The minimum Gasteiger partial charge on any atom is -0.477 e. The third-order valence-corrected chi connectivity index (χ3v) is 2.49. The Morgan fingerprint density at radius 1 is 1.50 bits per heavy atom. The number of halogens is 3. The van der Waals surface area contributed by atoms with E-state index in [4.69, 9.17) is 5.11 Å². The standard InChI is InChI=1S/C11H10F3NO5/c1-6(11(12,13)14)20-5-7-3-2-4-8(15(18)19)9(7)10(16)17/h2-4,6H,5H2,1H3,(H,16,17). The number of hydrogen-bond donors (Lipinski definition) is 1. The molecule has 9 heteroatoms. The van der Waals surface area contributed by atoms with Crippen LogP contribution < -0.4 is 0 Å². The zero-order chi connectivity index (χ0) is 15.5. The number of rotatable bonds is 5. The summed E-state index contributed by atoms with van der Waals surface area (Å²) in [6, 6.07) is 3.31. The van der Waals surface area contributed by atoms with Crippen LogP contribution in [0, 0.1) is 10.1 Å². The van der Waals surface area contributed by atoms with Crippen LogP contribution in [0.4, 0.5) is 18.9 Å². The number of carbonyl (C=O) groups is 1. The average molecular weight is 293 g/mol. The summed E-state index contributed by atoms with van der Waals surface area (Å²) in [5.41, 5.74) is -1.56. The molecule has 0 bridgehead atoms. The molecule has 0 amide bonds. The van der Waals surface area contributed by atoms with E-state index in [-0.39, 0.29) is 5.56 Å². The molecule has 20 heavy (non-hydrogen) atoms. The SMILES string of the molecule is CC(OCc1cccc([N+](=O)[O-])c1C(=O)O)C(F)(F)F. The second kappa shape index (κ2) is 5.87. The van der Waals surface area contributed by atoms with Gasteiger partial charge >= 0.3 is 12.1 Å². The third kappa shape index (κ3) is 3.67. The topological polar surface area (TPSA) is 89.7 Å². The Kier molecular flexibility index (Phi) is 4.66. The molecule has 0 saturated carbocycles. The number of carboxylic acids is 1. The molecule has 0 saturated heterocycles. The van der Waals surface area contributed by atoms with Crippen molar-refractivity contribution in [3.63, 3.8) is 0 Å². The molecule has 0 radical (unpaired) electrons. The van der Waals surface area contributed by atoms with Gasteiger partial charge in [-0.15, -0.1) is 0 Å². The van der Waals surface area contributed by atoms with E-state index in [1.54, 1.807) is 0 Å². The van der Waals surface area contributed by atoms with Gasteiger partial charge in [0.25, 0.3) is 5.69 Å². The van der Waals surface area contributed by atoms with Crippen molar-refractivity contribution in [3.05, 3.63) is 39.4 Å². The van der Waals surface area contributed by atoms with Gasteiger partial charge in [-0.2, -0.15) is 13.2 Å². The fourth-order valence-corrected chi connectivity index (χ4v) is 1.42. The van der Waals surface area contributed by atoms with Crippen LogP contribution in [0.2, 0.25) is 0 Å². The molecule has 0 aliphatic carbocycles. The monoisotopic (exact) mass is 293 g/mol. The normalized spacial score (nSPS) is 13.0. The molecule has 0 fully saturated rings. The number of benzene rings is 1. The zero-order valence-electron chi connectivity index (χ0n) is 10.2. The predicted molar refractivity (Wildman–Crippen MR) is 60.4 cm³/mol. The molecular formula is C11H10F3NO5. The van der Waals surface area contributed by atoms with Gasteiger partial charge < -0.3 is 9.84 Å². The van der Waals surface area contributed by atoms with Crippen LogP contribution in [0.25, 0.3) is 0 Å². The zero-order valence-corrected chi connectivity index (χ0v) is 10.2. The summed E-state index contributed by atoms with van der Waals surface area (Å²) in [4.78, 5) is 20.8. The first-order valence-corrected chi connectivity index (χ1v) is 5.32. The lowest BCUT2D eigenvalue weighted by Gasteiger charge is -2.16. The fraction of sp³-hybridized carbons (Fsp3) is 0.364. The molecule has 0 aromatic heterocycles. The van der Waals surface area contributed by atoms with Gasteiger partial charge in [-0.3, -0.25) is 10.1 Å².